The first-order chi connectivity index (χ1) is 22.8. The van der Waals surface area contributed by atoms with E-state index in [2.05, 4.69) is 136 Å². The van der Waals surface area contributed by atoms with Crippen LogP contribution in [0.2, 0.25) is 0 Å². The van der Waals surface area contributed by atoms with Gasteiger partial charge in [-0.3, -0.25) is 0 Å². The molecule has 0 amide bonds. The highest BCUT2D eigenvalue weighted by Gasteiger charge is 2.50. The van der Waals surface area contributed by atoms with Crippen LogP contribution in [0.5, 0.6) is 23.0 Å². The fourth-order valence-electron chi connectivity index (χ4n) is 7.59. The zero-order valence-corrected chi connectivity index (χ0v) is 24.6. The third-order valence-corrected chi connectivity index (χ3v) is 9.44. The van der Waals surface area contributed by atoms with Gasteiger partial charge in [-0.05, 0) is 42.5 Å². The Morgan fingerprint density at radius 1 is 0.457 bits per heavy atom. The number of benzene rings is 6. The van der Waals surface area contributed by atoms with Crippen LogP contribution in [0.15, 0.2) is 152 Å². The molecule has 1 spiro atoms. The summed E-state index contributed by atoms with van der Waals surface area (Å²) in [6.07, 6.45) is 3.53. The molecule has 0 saturated heterocycles. The molecule has 6 aromatic carbocycles. The van der Waals surface area contributed by atoms with Crippen molar-refractivity contribution in [2.24, 2.45) is 0 Å². The number of nitrogens with zero attached hydrogens (tertiary/aromatic N) is 3. The number of fused-ring (bicyclic) bond motifs is 11. The second-order valence-corrected chi connectivity index (χ2v) is 11.8. The van der Waals surface area contributed by atoms with Crippen LogP contribution in [0.3, 0.4) is 0 Å². The minimum Gasteiger partial charge on any atom is -0.457 e. The average Bonchev–Trinajstić information content (AvgIpc) is 3.46. The average molecular weight is 592 g/mol. The van der Waals surface area contributed by atoms with Crippen molar-refractivity contribution in [3.63, 3.8) is 0 Å². The third-order valence-electron chi connectivity index (χ3n) is 9.44. The Labute approximate surface area is 265 Å². The first-order valence-electron chi connectivity index (χ1n) is 15.4. The summed E-state index contributed by atoms with van der Waals surface area (Å²) in [4.78, 5) is 9.01. The van der Waals surface area contributed by atoms with E-state index in [0.717, 1.165) is 67.5 Å². The molecular weight excluding hydrogens is 566 g/mol. The lowest BCUT2D eigenvalue weighted by Crippen LogP contribution is -2.36. The minimum absolute atomic E-state index is 0.658. The van der Waals surface area contributed by atoms with E-state index in [1.807, 2.05) is 18.2 Å². The van der Waals surface area contributed by atoms with Gasteiger partial charge >= 0.3 is 0 Å². The Bertz CT molecular complexity index is 2430. The van der Waals surface area contributed by atoms with Crippen LogP contribution in [0.1, 0.15) is 22.3 Å². The van der Waals surface area contributed by atoms with Crippen molar-refractivity contribution in [1.29, 1.82) is 0 Å². The number of hydrogen-bond acceptors (Lipinski definition) is 4. The van der Waals surface area contributed by atoms with Crippen LogP contribution >= 0.6 is 0 Å². The largest absolute Gasteiger partial charge is 0.457 e. The normalized spacial score (nSPS) is 15.8. The van der Waals surface area contributed by atoms with Gasteiger partial charge < -0.3 is 14.0 Å². The zero-order valence-electron chi connectivity index (χ0n) is 24.6. The highest BCUT2D eigenvalue weighted by atomic mass is 16.5. The van der Waals surface area contributed by atoms with Gasteiger partial charge in [-0.25, -0.2) is 9.97 Å². The van der Waals surface area contributed by atoms with E-state index in [1.54, 1.807) is 12.4 Å². The lowest BCUT2D eigenvalue weighted by Gasteiger charge is -2.45. The summed E-state index contributed by atoms with van der Waals surface area (Å²) < 4.78 is 15.8. The van der Waals surface area contributed by atoms with Gasteiger partial charge in [0.15, 0.2) is 5.82 Å². The monoisotopic (exact) mass is 591 g/mol. The third kappa shape index (κ3) is 3.34. The maximum absolute atomic E-state index is 6.82. The van der Waals surface area contributed by atoms with E-state index in [-0.39, 0.29) is 0 Å². The second-order valence-electron chi connectivity index (χ2n) is 11.8. The van der Waals surface area contributed by atoms with Gasteiger partial charge in [-0.2, -0.15) is 0 Å². The van der Waals surface area contributed by atoms with E-state index in [4.69, 9.17) is 9.47 Å². The fraction of sp³-hybridized carbons (Fsp3) is 0.0244. The molecule has 10 rings (SSSR count). The summed E-state index contributed by atoms with van der Waals surface area (Å²) in [7, 11) is 0. The molecular formula is C41H25N3O2. The zero-order chi connectivity index (χ0) is 30.2. The molecule has 0 radical (unpaired) electrons. The molecule has 2 aromatic heterocycles. The topological polar surface area (TPSA) is 49.2 Å². The maximum Gasteiger partial charge on any atom is 0.159 e. The predicted molar refractivity (Wildman–Crippen MR) is 180 cm³/mol. The molecule has 0 saturated carbocycles. The number of hydrogen-bond donors (Lipinski definition) is 0. The molecule has 2 aliphatic heterocycles. The van der Waals surface area contributed by atoms with Gasteiger partial charge in [-0.15, -0.1) is 0 Å². The quantitative estimate of drug-likeness (QED) is 0.201. The van der Waals surface area contributed by atoms with Crippen LogP contribution in [0.4, 0.5) is 0 Å². The van der Waals surface area contributed by atoms with E-state index in [0.29, 0.717) is 5.82 Å². The molecule has 1 atom stereocenters. The van der Waals surface area contributed by atoms with Crippen LogP contribution < -0.4 is 9.47 Å². The van der Waals surface area contributed by atoms with Crippen LogP contribution in [-0.4, -0.2) is 14.5 Å². The standard InChI is InChI=1S/C41H25N3O2/c1-5-14-34-28(10-1)29-11-2-6-15-35(29)44(34)27-19-21-33-39(25-27)46-37-17-8-4-13-31(37)41(33)30-12-3-7-16-36(30)45-38-24-26(18-20-32(38)41)40-42-22-9-23-43-40/h1-25H. The van der Waals surface area contributed by atoms with Crippen molar-refractivity contribution in [2.45, 2.75) is 5.41 Å². The molecule has 2 aliphatic rings. The van der Waals surface area contributed by atoms with E-state index in [9.17, 15) is 0 Å². The lowest BCUT2D eigenvalue weighted by molar-refractivity contribution is 0.399. The number of ether oxygens (including phenoxy) is 2. The lowest BCUT2D eigenvalue weighted by atomic mass is 9.62. The first kappa shape index (κ1) is 25.2. The van der Waals surface area contributed by atoms with E-state index < -0.39 is 5.41 Å². The first-order valence-corrected chi connectivity index (χ1v) is 15.4. The Hall–Kier alpha value is -6.20. The summed E-state index contributed by atoms with van der Waals surface area (Å²) in [6.45, 7) is 0. The molecule has 1 unspecified atom stereocenters. The molecule has 0 N–H and O–H groups in total. The summed E-state index contributed by atoms with van der Waals surface area (Å²) in [5.41, 5.74) is 7.85. The number of rotatable bonds is 2. The van der Waals surface area contributed by atoms with Gasteiger partial charge in [0.05, 0.1) is 16.4 Å². The van der Waals surface area contributed by atoms with Crippen molar-refractivity contribution in [1.82, 2.24) is 14.5 Å². The summed E-state index contributed by atoms with van der Waals surface area (Å²) in [6, 6.07) is 48.7. The molecule has 5 heteroatoms. The molecule has 0 bridgehead atoms. The van der Waals surface area contributed by atoms with E-state index >= 15 is 0 Å². The van der Waals surface area contributed by atoms with Crippen molar-refractivity contribution < 1.29 is 9.47 Å². The summed E-state index contributed by atoms with van der Waals surface area (Å²) in [5.74, 6) is 3.89. The molecule has 216 valence electrons. The molecule has 46 heavy (non-hydrogen) atoms. The molecule has 5 nitrogen and oxygen atoms in total. The predicted octanol–water partition coefficient (Wildman–Crippen LogP) is 9.83. The van der Waals surface area contributed by atoms with Crippen molar-refractivity contribution in [3.05, 3.63) is 174 Å². The number of aromatic nitrogens is 3. The van der Waals surface area contributed by atoms with Gasteiger partial charge in [0.25, 0.3) is 0 Å². The summed E-state index contributed by atoms with van der Waals surface area (Å²) >= 11 is 0. The van der Waals surface area contributed by atoms with Gasteiger partial charge in [-0.1, -0.05) is 91.0 Å². The fourth-order valence-corrected chi connectivity index (χ4v) is 7.59. The van der Waals surface area contributed by atoms with Crippen LogP contribution in [0, 0.1) is 0 Å². The minimum atomic E-state index is -0.677. The molecule has 8 aromatic rings. The van der Waals surface area contributed by atoms with Gasteiger partial charge in [0.1, 0.15) is 23.0 Å². The van der Waals surface area contributed by atoms with Gasteiger partial charge in [0, 0.05) is 62.7 Å². The molecule has 0 aliphatic carbocycles. The Morgan fingerprint density at radius 2 is 0.978 bits per heavy atom. The highest BCUT2D eigenvalue weighted by molar-refractivity contribution is 6.09. The smallest absolute Gasteiger partial charge is 0.159 e. The Kier molecular flexibility index (Phi) is 5.14. The van der Waals surface area contributed by atoms with Crippen LogP contribution in [-0.2, 0) is 5.41 Å². The molecule has 4 heterocycles. The van der Waals surface area contributed by atoms with Gasteiger partial charge in [0.2, 0.25) is 0 Å². The SMILES string of the molecule is c1cnc(-c2ccc3c(c2)Oc2ccccc2C32c3ccccc3Oc3cc(-n4c5ccccc5c5ccccc54)ccc32)nc1. The van der Waals surface area contributed by atoms with Crippen LogP contribution in [0.25, 0.3) is 38.9 Å². The maximum atomic E-state index is 6.82. The summed E-state index contributed by atoms with van der Waals surface area (Å²) in [5, 5.41) is 2.45. The van der Waals surface area contributed by atoms with Crippen molar-refractivity contribution in [2.75, 3.05) is 0 Å². The Morgan fingerprint density at radius 3 is 1.63 bits per heavy atom. The highest BCUT2D eigenvalue weighted by Crippen LogP contribution is 2.61. The van der Waals surface area contributed by atoms with Crippen molar-refractivity contribution in [3.8, 4) is 40.1 Å². The van der Waals surface area contributed by atoms with Crippen molar-refractivity contribution >= 4 is 21.8 Å². The van der Waals surface area contributed by atoms with E-state index in [1.165, 1.54) is 10.8 Å². The molecule has 0 fully saturated rings. The number of para-hydroxylation sites is 4. The second kappa shape index (κ2) is 9.40. The Balaban J connectivity index is 1.27.